The van der Waals surface area contributed by atoms with Crippen molar-refractivity contribution in [2.24, 2.45) is 5.10 Å². The van der Waals surface area contributed by atoms with Crippen LogP contribution in [0.4, 0.5) is 5.69 Å². The van der Waals surface area contributed by atoms with Gasteiger partial charge in [-0.25, -0.2) is 10.2 Å². The van der Waals surface area contributed by atoms with E-state index in [1.165, 1.54) is 6.21 Å². The van der Waals surface area contributed by atoms with Gasteiger partial charge < -0.3 is 14.8 Å². The van der Waals surface area contributed by atoms with Crippen LogP contribution in [0.5, 0.6) is 11.5 Å². The number of carbonyl (C=O) groups is 3. The fourth-order valence-electron chi connectivity index (χ4n) is 2.92. The second-order valence-corrected chi connectivity index (χ2v) is 7.10. The van der Waals surface area contributed by atoms with Crippen LogP contribution in [-0.2, 0) is 16.0 Å². The molecular weight excluding hydrogens is 434 g/mol. The highest BCUT2D eigenvalue weighted by Gasteiger charge is 2.14. The zero-order valence-corrected chi connectivity index (χ0v) is 18.9. The van der Waals surface area contributed by atoms with Crippen molar-refractivity contribution in [3.63, 3.8) is 0 Å². The van der Waals surface area contributed by atoms with Gasteiger partial charge in [0.25, 0.3) is 0 Å². The minimum absolute atomic E-state index is 0.255. The largest absolute Gasteiger partial charge is 0.490 e. The van der Waals surface area contributed by atoms with Gasteiger partial charge >= 0.3 is 17.8 Å². The zero-order valence-electron chi connectivity index (χ0n) is 18.9. The third-order valence-electron chi connectivity index (χ3n) is 4.69. The van der Waals surface area contributed by atoms with E-state index >= 15 is 0 Å². The van der Waals surface area contributed by atoms with Crippen LogP contribution < -0.4 is 20.2 Å². The summed E-state index contributed by atoms with van der Waals surface area (Å²) < 4.78 is 11.0. The quantitative estimate of drug-likeness (QED) is 0.174. The van der Waals surface area contributed by atoms with Crippen LogP contribution in [0.25, 0.3) is 0 Å². The molecule has 0 spiro atoms. The van der Waals surface area contributed by atoms with Gasteiger partial charge in [-0.2, -0.15) is 5.10 Å². The summed E-state index contributed by atoms with van der Waals surface area (Å²) in [5.74, 6) is -1.65. The van der Waals surface area contributed by atoms with E-state index < -0.39 is 17.8 Å². The molecule has 2 amide bonds. The normalized spacial score (nSPS) is 10.5. The standard InChI is InChI=1S/C26H25N3O5/c1-3-18-10-13-21(14-11-18)28-24(30)25(31)29-27-17-19-12-15-22(23(16-19)33-4-2)34-26(32)20-8-6-5-7-9-20/h5-17H,3-4H2,1-2H3,(H,28,30)(H,29,31)/b27-17-. The number of nitrogens with one attached hydrogen (secondary N) is 2. The van der Waals surface area contributed by atoms with Gasteiger partial charge in [0.1, 0.15) is 0 Å². The van der Waals surface area contributed by atoms with Crippen LogP contribution in [0, 0.1) is 0 Å². The van der Waals surface area contributed by atoms with Gasteiger partial charge in [-0.1, -0.05) is 37.3 Å². The number of hydrogen-bond donors (Lipinski definition) is 2. The first-order valence-corrected chi connectivity index (χ1v) is 10.8. The number of ether oxygens (including phenoxy) is 2. The van der Waals surface area contributed by atoms with E-state index in [2.05, 4.69) is 15.8 Å². The van der Waals surface area contributed by atoms with Gasteiger partial charge in [0, 0.05) is 5.69 Å². The smallest absolute Gasteiger partial charge is 0.343 e. The molecule has 0 aliphatic heterocycles. The number of nitrogens with zero attached hydrogens (tertiary/aromatic N) is 1. The number of hydrazone groups is 1. The SMILES string of the molecule is CCOc1cc(/C=N\NC(=O)C(=O)Nc2ccc(CC)cc2)ccc1OC(=O)c1ccccc1. The third kappa shape index (κ3) is 6.77. The number of aryl methyl sites for hydroxylation is 1. The van der Waals surface area contributed by atoms with Crippen molar-refractivity contribution in [2.75, 3.05) is 11.9 Å². The Labute approximate surface area is 197 Å². The molecule has 0 aliphatic carbocycles. The number of anilines is 1. The van der Waals surface area contributed by atoms with Gasteiger partial charge in [-0.05, 0) is 66.9 Å². The summed E-state index contributed by atoms with van der Waals surface area (Å²) >= 11 is 0. The average molecular weight is 460 g/mol. The van der Waals surface area contributed by atoms with E-state index in [-0.39, 0.29) is 5.75 Å². The molecule has 0 bridgehead atoms. The minimum Gasteiger partial charge on any atom is -0.490 e. The number of amides is 2. The van der Waals surface area contributed by atoms with Crippen LogP contribution in [0.1, 0.15) is 35.3 Å². The molecule has 0 saturated carbocycles. The molecule has 0 aromatic heterocycles. The molecule has 0 saturated heterocycles. The second-order valence-electron chi connectivity index (χ2n) is 7.10. The number of carbonyl (C=O) groups excluding carboxylic acids is 3. The Kier molecular flexibility index (Phi) is 8.51. The van der Waals surface area contributed by atoms with E-state index in [0.717, 1.165) is 12.0 Å². The van der Waals surface area contributed by atoms with Gasteiger partial charge in [0.15, 0.2) is 11.5 Å². The van der Waals surface area contributed by atoms with Crippen LogP contribution in [-0.4, -0.2) is 30.6 Å². The summed E-state index contributed by atoms with van der Waals surface area (Å²) in [5, 5.41) is 6.34. The van der Waals surface area contributed by atoms with Crippen molar-refractivity contribution in [1.29, 1.82) is 0 Å². The van der Waals surface area contributed by atoms with Crippen LogP contribution in [0.15, 0.2) is 77.9 Å². The maximum absolute atomic E-state index is 12.3. The van der Waals surface area contributed by atoms with E-state index in [1.54, 1.807) is 61.5 Å². The van der Waals surface area contributed by atoms with Crippen molar-refractivity contribution in [2.45, 2.75) is 20.3 Å². The second kappa shape index (κ2) is 12.0. The molecule has 0 atom stereocenters. The fourth-order valence-corrected chi connectivity index (χ4v) is 2.92. The molecule has 8 heteroatoms. The van der Waals surface area contributed by atoms with E-state index in [1.807, 2.05) is 25.1 Å². The lowest BCUT2D eigenvalue weighted by atomic mass is 10.1. The molecule has 3 aromatic carbocycles. The number of hydrogen-bond acceptors (Lipinski definition) is 6. The molecule has 0 radical (unpaired) electrons. The van der Waals surface area contributed by atoms with Crippen molar-refractivity contribution >= 4 is 29.7 Å². The van der Waals surface area contributed by atoms with Gasteiger partial charge in [-0.15, -0.1) is 0 Å². The summed E-state index contributed by atoms with van der Waals surface area (Å²) in [6.07, 6.45) is 2.23. The molecule has 0 aliphatic rings. The summed E-state index contributed by atoms with van der Waals surface area (Å²) in [6, 6.07) is 20.7. The Hall–Kier alpha value is -4.46. The molecule has 0 heterocycles. The van der Waals surface area contributed by atoms with Gasteiger partial charge in [0.2, 0.25) is 0 Å². The monoisotopic (exact) mass is 459 g/mol. The van der Waals surface area contributed by atoms with Crippen LogP contribution in [0.2, 0.25) is 0 Å². The first-order valence-electron chi connectivity index (χ1n) is 10.8. The molecule has 8 nitrogen and oxygen atoms in total. The van der Waals surface area contributed by atoms with E-state index in [9.17, 15) is 14.4 Å². The number of benzene rings is 3. The van der Waals surface area contributed by atoms with E-state index in [0.29, 0.717) is 29.2 Å². The maximum Gasteiger partial charge on any atom is 0.343 e. The van der Waals surface area contributed by atoms with Crippen LogP contribution in [0.3, 0.4) is 0 Å². The van der Waals surface area contributed by atoms with Crippen molar-refractivity contribution < 1.29 is 23.9 Å². The highest BCUT2D eigenvalue weighted by molar-refractivity contribution is 6.39. The van der Waals surface area contributed by atoms with Gasteiger partial charge in [-0.3, -0.25) is 9.59 Å². The maximum atomic E-state index is 12.3. The summed E-state index contributed by atoms with van der Waals surface area (Å²) in [6.45, 7) is 4.19. The predicted molar refractivity (Wildman–Crippen MR) is 129 cm³/mol. The number of esters is 1. The first kappa shape index (κ1) is 24.2. The van der Waals surface area contributed by atoms with E-state index in [4.69, 9.17) is 9.47 Å². The predicted octanol–water partition coefficient (Wildman–Crippen LogP) is 3.96. The lowest BCUT2D eigenvalue weighted by Crippen LogP contribution is -2.32. The summed E-state index contributed by atoms with van der Waals surface area (Å²) in [7, 11) is 0. The fraction of sp³-hybridized carbons (Fsp3) is 0.154. The molecule has 3 rings (SSSR count). The highest BCUT2D eigenvalue weighted by atomic mass is 16.6. The summed E-state index contributed by atoms with van der Waals surface area (Å²) in [4.78, 5) is 36.4. The lowest BCUT2D eigenvalue weighted by molar-refractivity contribution is -0.136. The summed E-state index contributed by atoms with van der Waals surface area (Å²) in [5.41, 5.74) is 4.81. The molecule has 0 unspecified atom stereocenters. The molecule has 3 aromatic rings. The molecule has 174 valence electrons. The molecular formula is C26H25N3O5. The number of rotatable bonds is 8. The Bertz CT molecular complexity index is 1170. The molecule has 0 fully saturated rings. The Morgan fingerprint density at radius 3 is 2.29 bits per heavy atom. The third-order valence-corrected chi connectivity index (χ3v) is 4.69. The Balaban J connectivity index is 1.61. The first-order chi connectivity index (χ1) is 16.5. The highest BCUT2D eigenvalue weighted by Crippen LogP contribution is 2.29. The molecule has 34 heavy (non-hydrogen) atoms. The van der Waals surface area contributed by atoms with Crippen LogP contribution >= 0.6 is 0 Å². The zero-order chi connectivity index (χ0) is 24.3. The average Bonchev–Trinajstić information content (AvgIpc) is 2.86. The lowest BCUT2D eigenvalue weighted by Gasteiger charge is -2.11. The van der Waals surface area contributed by atoms with Gasteiger partial charge in [0.05, 0.1) is 18.4 Å². The van der Waals surface area contributed by atoms with Crippen molar-refractivity contribution in [3.8, 4) is 11.5 Å². The van der Waals surface area contributed by atoms with Crippen molar-refractivity contribution in [1.82, 2.24) is 5.43 Å². The Morgan fingerprint density at radius 1 is 0.882 bits per heavy atom. The molecule has 2 N–H and O–H groups in total. The topological polar surface area (TPSA) is 106 Å². The van der Waals surface area contributed by atoms with Crippen molar-refractivity contribution in [3.05, 3.63) is 89.5 Å². The Morgan fingerprint density at radius 2 is 1.62 bits per heavy atom. The minimum atomic E-state index is -0.908.